The third-order valence-corrected chi connectivity index (χ3v) is 2.92. The fourth-order valence-corrected chi connectivity index (χ4v) is 1.61. The van der Waals surface area contributed by atoms with Crippen molar-refractivity contribution in [3.63, 3.8) is 0 Å². The molecule has 0 aliphatic heterocycles. The molecule has 23 heavy (non-hydrogen) atoms. The Hall–Kier alpha value is -2.64. The molecule has 0 aliphatic carbocycles. The van der Waals surface area contributed by atoms with Gasteiger partial charge in [0.05, 0.1) is 12.2 Å². The Morgan fingerprint density at radius 3 is 2.57 bits per heavy atom. The minimum Gasteiger partial charge on any atom is -0.331 e. The molecule has 0 aromatic carbocycles. The molecule has 126 valence electrons. The molecule has 0 aliphatic rings. The zero-order chi connectivity index (χ0) is 17.1. The lowest BCUT2D eigenvalue weighted by Crippen LogP contribution is -2.58. The van der Waals surface area contributed by atoms with Crippen molar-refractivity contribution in [2.45, 2.75) is 46.1 Å². The maximum atomic E-state index is 12.0. The standard InChI is InChI=1S/C15H23N5O3/c1-3-5-9-14(22)20(18-13(21)4-2)19-15(23)17-11-12-8-6-7-10-16-12/h6-8,10H,3-5,9,11H2,1-2H3,(H,18,21)(H2,17,19,23). The average Bonchev–Trinajstić information content (AvgIpc) is 2.58. The van der Waals surface area contributed by atoms with Crippen LogP contribution in [0.3, 0.4) is 0 Å². The fourth-order valence-electron chi connectivity index (χ4n) is 1.61. The second kappa shape index (κ2) is 10.1. The van der Waals surface area contributed by atoms with Gasteiger partial charge in [-0.15, -0.1) is 0 Å². The Bertz CT molecular complexity index is 521. The Kier molecular flexibility index (Phi) is 8.12. The molecule has 1 aromatic heterocycles. The highest BCUT2D eigenvalue weighted by Gasteiger charge is 2.17. The minimum atomic E-state index is -0.600. The van der Waals surface area contributed by atoms with Crippen LogP contribution in [0, 0.1) is 0 Å². The van der Waals surface area contributed by atoms with Crippen LogP contribution < -0.4 is 16.2 Å². The number of nitrogens with one attached hydrogen (secondary N) is 3. The van der Waals surface area contributed by atoms with Gasteiger partial charge in [-0.2, -0.15) is 5.12 Å². The van der Waals surface area contributed by atoms with Gasteiger partial charge in [0.15, 0.2) is 0 Å². The van der Waals surface area contributed by atoms with Gasteiger partial charge in [0, 0.05) is 19.0 Å². The quantitative estimate of drug-likeness (QED) is 0.686. The molecule has 0 bridgehead atoms. The third-order valence-electron chi connectivity index (χ3n) is 2.92. The predicted molar refractivity (Wildman–Crippen MR) is 84.4 cm³/mol. The summed E-state index contributed by atoms with van der Waals surface area (Å²) in [5, 5.41) is 3.42. The maximum Gasteiger partial charge on any atom is 0.335 e. The van der Waals surface area contributed by atoms with Gasteiger partial charge in [0.1, 0.15) is 0 Å². The molecule has 0 atom stereocenters. The number of amides is 4. The Morgan fingerprint density at radius 2 is 1.96 bits per heavy atom. The normalized spacial score (nSPS) is 9.83. The molecule has 0 radical (unpaired) electrons. The van der Waals surface area contributed by atoms with E-state index in [0.29, 0.717) is 12.1 Å². The molecule has 3 N–H and O–H groups in total. The van der Waals surface area contributed by atoms with Crippen molar-refractivity contribution in [1.29, 1.82) is 0 Å². The van der Waals surface area contributed by atoms with Crippen LogP contribution in [-0.2, 0) is 16.1 Å². The number of carbonyl (C=O) groups is 3. The summed E-state index contributed by atoms with van der Waals surface area (Å²) in [5.41, 5.74) is 5.38. The second-order valence-electron chi connectivity index (χ2n) is 4.84. The number of carbonyl (C=O) groups excluding carboxylic acids is 3. The molecule has 0 saturated carbocycles. The summed E-state index contributed by atoms with van der Waals surface area (Å²) in [6.45, 7) is 3.83. The smallest absolute Gasteiger partial charge is 0.331 e. The van der Waals surface area contributed by atoms with Crippen molar-refractivity contribution >= 4 is 17.8 Å². The summed E-state index contributed by atoms with van der Waals surface area (Å²) in [7, 11) is 0. The van der Waals surface area contributed by atoms with Crippen LogP contribution in [0.5, 0.6) is 0 Å². The minimum absolute atomic E-state index is 0.203. The maximum absolute atomic E-state index is 12.0. The van der Waals surface area contributed by atoms with E-state index in [2.05, 4.69) is 21.2 Å². The first kappa shape index (κ1) is 18.4. The topological polar surface area (TPSA) is 103 Å². The van der Waals surface area contributed by atoms with Gasteiger partial charge in [-0.1, -0.05) is 26.3 Å². The molecule has 1 aromatic rings. The summed E-state index contributed by atoms with van der Waals surface area (Å²) >= 11 is 0. The molecular weight excluding hydrogens is 298 g/mol. The summed E-state index contributed by atoms with van der Waals surface area (Å²) in [5.74, 6) is -0.735. The summed E-state index contributed by atoms with van der Waals surface area (Å²) < 4.78 is 0. The SMILES string of the molecule is CCCCC(=O)N(NC(=O)CC)NC(=O)NCc1ccccn1. The van der Waals surface area contributed by atoms with Gasteiger partial charge in [-0.3, -0.25) is 14.6 Å². The number of hydrogen-bond donors (Lipinski definition) is 3. The van der Waals surface area contributed by atoms with Gasteiger partial charge in [0.25, 0.3) is 5.91 Å². The van der Waals surface area contributed by atoms with E-state index in [-0.39, 0.29) is 31.2 Å². The number of urea groups is 1. The summed E-state index contributed by atoms with van der Waals surface area (Å²) in [4.78, 5) is 39.4. The lowest BCUT2D eigenvalue weighted by atomic mass is 10.2. The van der Waals surface area contributed by atoms with Crippen LogP contribution in [-0.4, -0.2) is 27.9 Å². The molecule has 0 spiro atoms. The van der Waals surface area contributed by atoms with E-state index >= 15 is 0 Å². The van der Waals surface area contributed by atoms with Crippen LogP contribution in [0.1, 0.15) is 45.2 Å². The predicted octanol–water partition coefficient (Wildman–Crippen LogP) is 1.26. The third kappa shape index (κ3) is 7.25. The Balaban J connectivity index is 2.54. The van der Waals surface area contributed by atoms with Crippen molar-refractivity contribution < 1.29 is 14.4 Å². The first-order valence-corrected chi connectivity index (χ1v) is 7.63. The van der Waals surface area contributed by atoms with Crippen LogP contribution in [0.4, 0.5) is 4.79 Å². The number of hydrogen-bond acceptors (Lipinski definition) is 4. The van der Waals surface area contributed by atoms with E-state index in [1.165, 1.54) is 0 Å². The lowest BCUT2D eigenvalue weighted by molar-refractivity contribution is -0.144. The number of unbranched alkanes of at least 4 members (excludes halogenated alkanes) is 1. The number of aromatic nitrogens is 1. The van der Waals surface area contributed by atoms with Crippen LogP contribution in [0.25, 0.3) is 0 Å². The van der Waals surface area contributed by atoms with Crippen molar-refractivity contribution in [1.82, 2.24) is 26.3 Å². The van der Waals surface area contributed by atoms with Crippen LogP contribution in [0.15, 0.2) is 24.4 Å². The number of rotatable bonds is 6. The van der Waals surface area contributed by atoms with Crippen LogP contribution in [0.2, 0.25) is 0 Å². The van der Waals surface area contributed by atoms with E-state index in [1.54, 1.807) is 25.3 Å². The van der Waals surface area contributed by atoms with Gasteiger partial charge >= 0.3 is 6.03 Å². The summed E-state index contributed by atoms with van der Waals surface area (Å²) in [6.07, 6.45) is 3.58. The molecular formula is C15H23N5O3. The largest absolute Gasteiger partial charge is 0.335 e. The van der Waals surface area contributed by atoms with Crippen molar-refractivity contribution in [3.8, 4) is 0 Å². The molecule has 1 heterocycles. The summed E-state index contributed by atoms with van der Waals surface area (Å²) in [6, 6.07) is 4.75. The molecule has 8 heteroatoms. The zero-order valence-electron chi connectivity index (χ0n) is 13.5. The fraction of sp³-hybridized carbons (Fsp3) is 0.467. The van der Waals surface area contributed by atoms with Crippen LogP contribution >= 0.6 is 0 Å². The highest BCUT2D eigenvalue weighted by Crippen LogP contribution is 1.98. The van der Waals surface area contributed by atoms with Crippen molar-refractivity contribution in [2.75, 3.05) is 0 Å². The van der Waals surface area contributed by atoms with Gasteiger partial charge in [0.2, 0.25) is 5.91 Å². The van der Waals surface area contributed by atoms with Gasteiger partial charge in [-0.05, 0) is 18.6 Å². The van der Waals surface area contributed by atoms with Gasteiger partial charge in [-0.25, -0.2) is 15.6 Å². The highest BCUT2D eigenvalue weighted by atomic mass is 16.2. The second-order valence-corrected chi connectivity index (χ2v) is 4.84. The van der Waals surface area contributed by atoms with E-state index in [0.717, 1.165) is 11.5 Å². The first-order chi connectivity index (χ1) is 11.1. The Morgan fingerprint density at radius 1 is 1.17 bits per heavy atom. The highest BCUT2D eigenvalue weighted by molar-refractivity contribution is 5.84. The van der Waals surface area contributed by atoms with E-state index in [4.69, 9.17) is 0 Å². The van der Waals surface area contributed by atoms with Crippen molar-refractivity contribution in [2.24, 2.45) is 0 Å². The first-order valence-electron chi connectivity index (χ1n) is 7.63. The molecule has 0 fully saturated rings. The molecule has 1 rings (SSSR count). The monoisotopic (exact) mass is 321 g/mol. The lowest BCUT2D eigenvalue weighted by Gasteiger charge is -2.23. The van der Waals surface area contributed by atoms with E-state index in [9.17, 15) is 14.4 Å². The molecule has 0 unspecified atom stereocenters. The Labute approximate surface area is 135 Å². The van der Waals surface area contributed by atoms with Crippen molar-refractivity contribution in [3.05, 3.63) is 30.1 Å². The average molecular weight is 321 g/mol. The zero-order valence-corrected chi connectivity index (χ0v) is 13.5. The van der Waals surface area contributed by atoms with E-state index in [1.807, 2.05) is 13.0 Å². The number of pyridine rings is 1. The number of nitrogens with zero attached hydrogens (tertiary/aromatic N) is 2. The molecule has 8 nitrogen and oxygen atoms in total. The molecule has 4 amide bonds. The van der Waals surface area contributed by atoms with Gasteiger partial charge < -0.3 is 5.32 Å². The molecule has 0 saturated heterocycles. The van der Waals surface area contributed by atoms with E-state index < -0.39 is 6.03 Å². The number of hydrazine groups is 2.